The van der Waals surface area contributed by atoms with Crippen LogP contribution in [-0.2, 0) is 4.79 Å². The molecule has 0 spiro atoms. The van der Waals surface area contributed by atoms with Crippen LogP contribution in [0.3, 0.4) is 0 Å². The summed E-state index contributed by atoms with van der Waals surface area (Å²) < 4.78 is 0. The third-order valence-corrected chi connectivity index (χ3v) is 3.37. The summed E-state index contributed by atoms with van der Waals surface area (Å²) in [5, 5.41) is 8.78. The molecule has 1 heterocycles. The van der Waals surface area contributed by atoms with E-state index in [1.165, 1.54) is 19.3 Å². The standard InChI is InChI=1S/C13H22N2O2/c1-3-8-15(11-13(16)17)10-7-12-6-4-5-9-14(12)2/h1,12H,4-11H2,2H3,(H,16,17). The van der Waals surface area contributed by atoms with Gasteiger partial charge in [0.1, 0.15) is 0 Å². The van der Waals surface area contributed by atoms with E-state index in [-0.39, 0.29) is 6.54 Å². The molecule has 1 saturated heterocycles. The zero-order valence-electron chi connectivity index (χ0n) is 10.6. The number of likely N-dealkylation sites (tertiary alicyclic amines) is 1. The monoisotopic (exact) mass is 238 g/mol. The first-order valence-corrected chi connectivity index (χ1v) is 6.21. The maximum absolute atomic E-state index is 10.7. The molecule has 1 unspecified atom stereocenters. The fourth-order valence-corrected chi connectivity index (χ4v) is 2.37. The molecule has 1 aliphatic heterocycles. The highest BCUT2D eigenvalue weighted by atomic mass is 16.4. The SMILES string of the molecule is C#CCN(CCC1CCCCN1C)CC(=O)O. The normalized spacial score (nSPS) is 21.4. The molecular formula is C13H22N2O2. The smallest absolute Gasteiger partial charge is 0.317 e. The first-order valence-electron chi connectivity index (χ1n) is 6.21. The molecule has 0 aromatic carbocycles. The minimum atomic E-state index is -0.808. The van der Waals surface area contributed by atoms with Crippen LogP contribution in [0.15, 0.2) is 0 Å². The average molecular weight is 238 g/mol. The van der Waals surface area contributed by atoms with Gasteiger partial charge in [0.2, 0.25) is 0 Å². The van der Waals surface area contributed by atoms with Crippen molar-refractivity contribution in [3.05, 3.63) is 0 Å². The van der Waals surface area contributed by atoms with Crippen molar-refractivity contribution in [3.8, 4) is 12.3 Å². The van der Waals surface area contributed by atoms with Crippen molar-refractivity contribution in [1.82, 2.24) is 9.80 Å². The zero-order valence-corrected chi connectivity index (χ0v) is 10.6. The number of rotatable bonds is 6. The van der Waals surface area contributed by atoms with Gasteiger partial charge < -0.3 is 10.0 Å². The van der Waals surface area contributed by atoms with Gasteiger partial charge in [0, 0.05) is 12.6 Å². The Bertz CT molecular complexity index is 286. The van der Waals surface area contributed by atoms with Gasteiger partial charge >= 0.3 is 5.97 Å². The highest BCUT2D eigenvalue weighted by Gasteiger charge is 2.19. The van der Waals surface area contributed by atoms with Crippen molar-refractivity contribution in [1.29, 1.82) is 0 Å². The van der Waals surface area contributed by atoms with E-state index in [1.54, 1.807) is 0 Å². The molecule has 4 heteroatoms. The molecule has 0 radical (unpaired) electrons. The summed E-state index contributed by atoms with van der Waals surface area (Å²) in [6.45, 7) is 2.38. The molecule has 96 valence electrons. The molecule has 1 N–H and O–H groups in total. The Balaban J connectivity index is 2.34. The number of aliphatic carboxylic acids is 1. The molecule has 1 atom stereocenters. The number of carboxylic acid groups (broad SMARTS) is 1. The Labute approximate surface area is 104 Å². The van der Waals surface area contributed by atoms with Gasteiger partial charge in [-0.3, -0.25) is 9.69 Å². The number of hydrogen-bond acceptors (Lipinski definition) is 3. The van der Waals surface area contributed by atoms with E-state index in [0.29, 0.717) is 12.6 Å². The molecule has 1 fully saturated rings. The van der Waals surface area contributed by atoms with E-state index in [0.717, 1.165) is 19.5 Å². The van der Waals surface area contributed by atoms with Crippen LogP contribution in [-0.4, -0.2) is 60.1 Å². The van der Waals surface area contributed by atoms with E-state index < -0.39 is 5.97 Å². The van der Waals surface area contributed by atoms with Crippen LogP contribution in [0, 0.1) is 12.3 Å². The number of piperidine rings is 1. The summed E-state index contributed by atoms with van der Waals surface area (Å²) in [5.74, 6) is 1.71. The van der Waals surface area contributed by atoms with Crippen molar-refractivity contribution in [3.63, 3.8) is 0 Å². The summed E-state index contributed by atoms with van der Waals surface area (Å²) in [5.41, 5.74) is 0. The van der Waals surface area contributed by atoms with Crippen LogP contribution in [0.1, 0.15) is 25.7 Å². The summed E-state index contributed by atoms with van der Waals surface area (Å²) in [4.78, 5) is 14.9. The lowest BCUT2D eigenvalue weighted by molar-refractivity contribution is -0.138. The lowest BCUT2D eigenvalue weighted by Gasteiger charge is -2.33. The number of terminal acetylenes is 1. The highest BCUT2D eigenvalue weighted by Crippen LogP contribution is 2.17. The molecular weight excluding hydrogens is 216 g/mol. The Kier molecular flexibility index (Phi) is 6.03. The number of carbonyl (C=O) groups is 1. The predicted octanol–water partition coefficient (Wildman–Crippen LogP) is 0.881. The largest absolute Gasteiger partial charge is 0.480 e. The quantitative estimate of drug-likeness (QED) is 0.698. The van der Waals surface area contributed by atoms with Crippen molar-refractivity contribution in [2.45, 2.75) is 31.7 Å². The van der Waals surface area contributed by atoms with Gasteiger partial charge in [0.15, 0.2) is 0 Å². The second-order valence-corrected chi connectivity index (χ2v) is 4.73. The van der Waals surface area contributed by atoms with Gasteiger partial charge in [-0.25, -0.2) is 0 Å². The van der Waals surface area contributed by atoms with E-state index in [1.807, 2.05) is 4.90 Å². The second-order valence-electron chi connectivity index (χ2n) is 4.73. The lowest BCUT2D eigenvalue weighted by Crippen LogP contribution is -2.40. The number of hydrogen-bond donors (Lipinski definition) is 1. The Morgan fingerprint density at radius 3 is 2.94 bits per heavy atom. The first kappa shape index (κ1) is 14.0. The van der Waals surface area contributed by atoms with E-state index in [4.69, 9.17) is 11.5 Å². The molecule has 0 aromatic heterocycles. The molecule has 17 heavy (non-hydrogen) atoms. The summed E-state index contributed by atoms with van der Waals surface area (Å²) in [6.07, 6.45) is 10.0. The van der Waals surface area contributed by atoms with Gasteiger partial charge in [0.25, 0.3) is 0 Å². The minimum absolute atomic E-state index is 0.0423. The van der Waals surface area contributed by atoms with Gasteiger partial charge in [-0.1, -0.05) is 12.3 Å². The third-order valence-electron chi connectivity index (χ3n) is 3.37. The maximum atomic E-state index is 10.7. The molecule has 0 aromatic rings. The van der Waals surface area contributed by atoms with Crippen LogP contribution in [0.25, 0.3) is 0 Å². The molecule has 0 saturated carbocycles. The van der Waals surface area contributed by atoms with E-state index in [2.05, 4.69) is 17.9 Å². The average Bonchev–Trinajstić information content (AvgIpc) is 2.27. The van der Waals surface area contributed by atoms with Crippen LogP contribution in [0.5, 0.6) is 0 Å². The maximum Gasteiger partial charge on any atom is 0.317 e. The summed E-state index contributed by atoms with van der Waals surface area (Å²) in [7, 11) is 2.15. The lowest BCUT2D eigenvalue weighted by atomic mass is 10.00. The summed E-state index contributed by atoms with van der Waals surface area (Å²) in [6, 6.07) is 0.581. The molecule has 4 nitrogen and oxygen atoms in total. The fraction of sp³-hybridized carbons (Fsp3) is 0.769. The molecule has 1 rings (SSSR count). The van der Waals surface area contributed by atoms with Crippen LogP contribution < -0.4 is 0 Å². The van der Waals surface area contributed by atoms with Crippen molar-refractivity contribution < 1.29 is 9.90 Å². The second kappa shape index (κ2) is 7.31. The Morgan fingerprint density at radius 1 is 1.59 bits per heavy atom. The predicted molar refractivity (Wildman–Crippen MR) is 67.8 cm³/mol. The summed E-state index contributed by atoms with van der Waals surface area (Å²) >= 11 is 0. The van der Waals surface area contributed by atoms with Gasteiger partial charge in [-0.05, 0) is 32.9 Å². The van der Waals surface area contributed by atoms with Crippen molar-refractivity contribution in [2.24, 2.45) is 0 Å². The van der Waals surface area contributed by atoms with Gasteiger partial charge in [-0.15, -0.1) is 6.42 Å². The van der Waals surface area contributed by atoms with Crippen LogP contribution in [0.4, 0.5) is 0 Å². The van der Waals surface area contributed by atoms with Gasteiger partial charge in [0.05, 0.1) is 13.1 Å². The molecule has 0 amide bonds. The first-order chi connectivity index (χ1) is 8.13. The third kappa shape index (κ3) is 5.20. The number of carboxylic acids is 1. The Hall–Kier alpha value is -1.05. The molecule has 1 aliphatic rings. The zero-order chi connectivity index (χ0) is 12.7. The van der Waals surface area contributed by atoms with E-state index in [9.17, 15) is 4.79 Å². The van der Waals surface area contributed by atoms with Crippen LogP contribution in [0.2, 0.25) is 0 Å². The highest BCUT2D eigenvalue weighted by molar-refractivity contribution is 5.69. The Morgan fingerprint density at radius 2 is 2.35 bits per heavy atom. The number of nitrogens with zero attached hydrogens (tertiary/aromatic N) is 2. The van der Waals surface area contributed by atoms with Gasteiger partial charge in [-0.2, -0.15) is 0 Å². The van der Waals surface area contributed by atoms with Crippen molar-refractivity contribution >= 4 is 5.97 Å². The molecule has 0 aliphatic carbocycles. The topological polar surface area (TPSA) is 43.8 Å². The van der Waals surface area contributed by atoms with E-state index >= 15 is 0 Å². The molecule has 0 bridgehead atoms. The fourth-order valence-electron chi connectivity index (χ4n) is 2.37. The van der Waals surface area contributed by atoms with Crippen LogP contribution >= 0.6 is 0 Å². The van der Waals surface area contributed by atoms with Crippen molar-refractivity contribution in [2.75, 3.05) is 33.2 Å². The minimum Gasteiger partial charge on any atom is -0.480 e.